The van der Waals surface area contributed by atoms with Crippen molar-refractivity contribution < 1.29 is 24.5 Å². The number of rotatable bonds is 6. The molecular weight excluding hydrogens is 540 g/mol. The molecule has 4 aromatic carbocycles. The Morgan fingerprint density at radius 1 is 0.674 bits per heavy atom. The zero-order valence-corrected chi connectivity index (χ0v) is 23.6. The largest absolute Gasteiger partial charge is 0.504 e. The second kappa shape index (κ2) is 12.0. The minimum Gasteiger partial charge on any atom is -0.504 e. The van der Waals surface area contributed by atoms with Crippen LogP contribution in [0.5, 0.6) is 23.0 Å². The molecule has 0 aliphatic heterocycles. The van der Waals surface area contributed by atoms with Crippen molar-refractivity contribution in [3.8, 4) is 35.1 Å². The van der Waals surface area contributed by atoms with E-state index in [1.165, 1.54) is 26.4 Å². The monoisotopic (exact) mass is 568 g/mol. The van der Waals surface area contributed by atoms with Crippen molar-refractivity contribution in [1.82, 2.24) is 0 Å². The van der Waals surface area contributed by atoms with Crippen LogP contribution in [0, 0.1) is 28.1 Å². The summed E-state index contributed by atoms with van der Waals surface area (Å²) >= 11 is 0. The van der Waals surface area contributed by atoms with Crippen molar-refractivity contribution in [2.45, 2.75) is 11.8 Å². The highest BCUT2D eigenvalue weighted by Gasteiger charge is 2.57. The van der Waals surface area contributed by atoms with Crippen LogP contribution in [0.3, 0.4) is 0 Å². The van der Waals surface area contributed by atoms with Gasteiger partial charge >= 0.3 is 0 Å². The number of methoxy groups -OCH3 is 2. The number of hydrogen-bond acceptors (Lipinski definition) is 7. The highest BCUT2D eigenvalue weighted by molar-refractivity contribution is 6.17. The summed E-state index contributed by atoms with van der Waals surface area (Å²) in [6, 6.07) is 32.2. The van der Waals surface area contributed by atoms with Crippen molar-refractivity contribution >= 4 is 17.9 Å². The van der Waals surface area contributed by atoms with Crippen LogP contribution in [-0.2, 0) is 4.79 Å². The third kappa shape index (κ3) is 5.21. The van der Waals surface area contributed by atoms with E-state index < -0.39 is 17.3 Å². The minimum absolute atomic E-state index is 0.119. The second-order valence-electron chi connectivity index (χ2n) is 10.2. The lowest BCUT2D eigenvalue weighted by Crippen LogP contribution is -2.43. The van der Waals surface area contributed by atoms with Crippen LogP contribution in [-0.4, -0.2) is 30.2 Å². The number of hydrogen-bond donors (Lipinski definition) is 2. The highest BCUT2D eigenvalue weighted by Crippen LogP contribution is 2.59. The van der Waals surface area contributed by atoms with Crippen molar-refractivity contribution in [2.75, 3.05) is 14.2 Å². The fourth-order valence-corrected chi connectivity index (χ4v) is 5.76. The third-order valence-corrected chi connectivity index (χ3v) is 7.74. The van der Waals surface area contributed by atoms with Gasteiger partial charge in [0.25, 0.3) is 0 Å². The summed E-state index contributed by atoms with van der Waals surface area (Å²) < 4.78 is 10.7. The summed E-state index contributed by atoms with van der Waals surface area (Å²) in [5.74, 6) is -2.41. The average molecular weight is 569 g/mol. The first-order valence-electron chi connectivity index (χ1n) is 13.5. The molecule has 1 aliphatic carbocycles. The number of phenols is 2. The van der Waals surface area contributed by atoms with Crippen LogP contribution >= 0.6 is 0 Å². The van der Waals surface area contributed by atoms with E-state index in [9.17, 15) is 25.5 Å². The Bertz CT molecular complexity index is 1680. The molecule has 0 heterocycles. The first-order chi connectivity index (χ1) is 20.9. The van der Waals surface area contributed by atoms with Gasteiger partial charge in [0.05, 0.1) is 26.4 Å². The lowest BCUT2D eigenvalue weighted by Gasteiger charge is -2.43. The molecule has 0 radical (unpaired) electrons. The maximum atomic E-state index is 14.7. The lowest BCUT2D eigenvalue weighted by molar-refractivity contribution is -0.113. The third-order valence-electron chi connectivity index (χ3n) is 7.74. The lowest BCUT2D eigenvalue weighted by atomic mass is 9.53. The standard InChI is InChI=1S/C36H28N2O5/c1-42-31-19-25(13-15-29(31)39)33-27(17-23-9-5-3-6-10-23)35(41)28(18-24-11-7-4-8-12-24)34(36(33,21-37)22-38)26-14-16-30(40)32(20-26)43-2/h3-20,33-34,39-40H,1-2H3. The molecule has 212 valence electrons. The van der Waals surface area contributed by atoms with E-state index in [0.29, 0.717) is 11.1 Å². The number of aromatic hydroxyl groups is 2. The number of nitrogens with zero attached hydrogens (tertiary/aromatic N) is 2. The number of ketones is 1. The molecule has 1 fully saturated rings. The number of Topliss-reactive ketones (excluding diaryl/α,β-unsaturated/α-hetero) is 1. The number of benzene rings is 4. The van der Waals surface area contributed by atoms with Gasteiger partial charge in [-0.2, -0.15) is 10.5 Å². The molecule has 7 heteroatoms. The van der Waals surface area contributed by atoms with Gasteiger partial charge in [-0.25, -0.2) is 0 Å². The Balaban J connectivity index is 1.90. The van der Waals surface area contributed by atoms with E-state index in [1.54, 1.807) is 36.4 Å². The van der Waals surface area contributed by atoms with Gasteiger partial charge in [0.1, 0.15) is 0 Å². The zero-order valence-electron chi connectivity index (χ0n) is 23.6. The summed E-state index contributed by atoms with van der Waals surface area (Å²) in [7, 11) is 2.80. The molecule has 7 nitrogen and oxygen atoms in total. The van der Waals surface area contributed by atoms with E-state index in [4.69, 9.17) is 9.47 Å². The molecule has 2 unspecified atom stereocenters. The van der Waals surface area contributed by atoms with E-state index in [1.807, 2.05) is 60.7 Å². The topological polar surface area (TPSA) is 124 Å². The molecule has 1 aliphatic rings. The molecule has 5 rings (SSSR count). The van der Waals surface area contributed by atoms with E-state index >= 15 is 0 Å². The summed E-state index contributed by atoms with van der Waals surface area (Å²) in [6.45, 7) is 0. The Morgan fingerprint density at radius 3 is 1.42 bits per heavy atom. The van der Waals surface area contributed by atoms with Crippen molar-refractivity contribution in [2.24, 2.45) is 5.41 Å². The quantitative estimate of drug-likeness (QED) is 0.246. The van der Waals surface area contributed by atoms with Gasteiger partial charge in [-0.05, 0) is 58.7 Å². The summed E-state index contributed by atoms with van der Waals surface area (Å²) in [5, 5.41) is 42.8. The van der Waals surface area contributed by atoms with E-state index in [0.717, 1.165) is 11.1 Å². The Kier molecular flexibility index (Phi) is 8.00. The smallest absolute Gasteiger partial charge is 0.186 e. The summed E-state index contributed by atoms with van der Waals surface area (Å²) in [6.07, 6.45) is 3.42. The molecule has 4 aromatic rings. The molecule has 0 aromatic heterocycles. The van der Waals surface area contributed by atoms with Crippen LogP contribution < -0.4 is 9.47 Å². The van der Waals surface area contributed by atoms with Crippen molar-refractivity contribution in [1.29, 1.82) is 10.5 Å². The van der Waals surface area contributed by atoms with Gasteiger partial charge in [0.2, 0.25) is 0 Å². The van der Waals surface area contributed by atoms with Gasteiger partial charge in [-0.3, -0.25) is 4.79 Å². The fraction of sp³-hybridized carbons (Fsp3) is 0.139. The Labute approximate surface area is 249 Å². The number of ether oxygens (including phenoxy) is 2. The SMILES string of the molecule is COc1cc(C2C(=Cc3ccccc3)C(=O)C(=Cc3ccccc3)C(c3ccc(O)c(OC)c3)C2(C#N)C#N)ccc1O. The van der Waals surface area contributed by atoms with Crippen LogP contribution in [0.15, 0.2) is 108 Å². The maximum absolute atomic E-state index is 14.7. The number of allylic oxidation sites excluding steroid dienone is 2. The van der Waals surface area contributed by atoms with Crippen LogP contribution in [0.25, 0.3) is 12.2 Å². The van der Waals surface area contributed by atoms with Crippen LogP contribution in [0.2, 0.25) is 0 Å². The van der Waals surface area contributed by atoms with Gasteiger partial charge in [0, 0.05) is 23.0 Å². The van der Waals surface area contributed by atoms with Crippen LogP contribution in [0.4, 0.5) is 0 Å². The number of carbonyl (C=O) groups excluding carboxylic acids is 1. The number of nitriles is 2. The molecule has 0 bridgehead atoms. The predicted molar refractivity (Wildman–Crippen MR) is 162 cm³/mol. The predicted octanol–water partition coefficient (Wildman–Crippen LogP) is 6.77. The van der Waals surface area contributed by atoms with Gasteiger partial charge in [-0.1, -0.05) is 72.8 Å². The summed E-state index contributed by atoms with van der Waals surface area (Å²) in [5.41, 5.74) is 0.951. The van der Waals surface area contributed by atoms with E-state index in [2.05, 4.69) is 12.1 Å². The second-order valence-corrected chi connectivity index (χ2v) is 10.2. The van der Waals surface area contributed by atoms with Gasteiger partial charge < -0.3 is 19.7 Å². The molecule has 0 saturated heterocycles. The molecule has 43 heavy (non-hydrogen) atoms. The molecule has 2 N–H and O–H groups in total. The highest BCUT2D eigenvalue weighted by atomic mass is 16.5. The maximum Gasteiger partial charge on any atom is 0.186 e. The Morgan fingerprint density at radius 2 is 1.07 bits per heavy atom. The average Bonchev–Trinajstić information content (AvgIpc) is 3.04. The first-order valence-corrected chi connectivity index (χ1v) is 13.5. The molecule has 0 spiro atoms. The normalized spacial score (nSPS) is 19.4. The van der Waals surface area contributed by atoms with Crippen molar-refractivity contribution in [3.05, 3.63) is 130 Å². The first kappa shape index (κ1) is 28.7. The van der Waals surface area contributed by atoms with Crippen LogP contribution in [0.1, 0.15) is 34.1 Å². The molecule has 0 amide bonds. The summed E-state index contributed by atoms with van der Waals surface area (Å²) in [4.78, 5) is 14.7. The zero-order chi connectivity index (χ0) is 30.6. The molecule has 2 atom stereocenters. The number of phenolic OH excluding ortho intramolecular Hbond substituents is 2. The Hall–Kier alpha value is -5.79. The number of carbonyl (C=O) groups is 1. The van der Waals surface area contributed by atoms with Gasteiger partial charge in [0.15, 0.2) is 34.2 Å². The van der Waals surface area contributed by atoms with Gasteiger partial charge in [-0.15, -0.1) is 0 Å². The van der Waals surface area contributed by atoms with E-state index in [-0.39, 0.29) is 39.9 Å². The molecule has 1 saturated carbocycles. The minimum atomic E-state index is -1.86. The van der Waals surface area contributed by atoms with Crippen molar-refractivity contribution in [3.63, 3.8) is 0 Å². The fourth-order valence-electron chi connectivity index (χ4n) is 5.76. The molecular formula is C36H28N2O5.